The van der Waals surface area contributed by atoms with E-state index in [2.05, 4.69) is 35.3 Å². The Morgan fingerprint density at radius 1 is 1.08 bits per heavy atom. The van der Waals surface area contributed by atoms with Gasteiger partial charge in [0.05, 0.1) is 26.0 Å². The number of hydrogen-bond donors (Lipinski definition) is 1. The third-order valence-corrected chi connectivity index (χ3v) is 4.69. The van der Waals surface area contributed by atoms with Gasteiger partial charge in [0.2, 0.25) is 0 Å². The van der Waals surface area contributed by atoms with E-state index in [0.29, 0.717) is 0 Å². The first kappa shape index (κ1) is 17.7. The molecule has 1 aliphatic rings. The molecule has 1 fully saturated rings. The number of aromatic nitrogens is 1. The van der Waals surface area contributed by atoms with Crippen molar-refractivity contribution in [1.82, 2.24) is 15.2 Å². The molecule has 1 N–H and O–H groups in total. The van der Waals surface area contributed by atoms with Gasteiger partial charge < -0.3 is 14.8 Å². The lowest BCUT2D eigenvalue weighted by molar-refractivity contribution is 0.232. The van der Waals surface area contributed by atoms with Crippen LogP contribution in [0.15, 0.2) is 36.5 Å². The van der Waals surface area contributed by atoms with Crippen molar-refractivity contribution in [2.24, 2.45) is 0 Å². The summed E-state index contributed by atoms with van der Waals surface area (Å²) >= 11 is 0. The minimum absolute atomic E-state index is 0.0468. The van der Waals surface area contributed by atoms with Gasteiger partial charge in [-0.2, -0.15) is 0 Å². The lowest BCUT2D eigenvalue weighted by Gasteiger charge is -2.31. The molecular weight excluding hydrogens is 314 g/mol. The number of rotatable bonds is 5. The van der Waals surface area contributed by atoms with E-state index in [1.807, 2.05) is 18.3 Å². The van der Waals surface area contributed by atoms with E-state index in [0.717, 1.165) is 60.9 Å². The van der Waals surface area contributed by atoms with Gasteiger partial charge in [-0.05, 0) is 49.7 Å². The average Bonchev–Trinajstić information content (AvgIpc) is 2.93. The molecule has 1 aliphatic heterocycles. The highest BCUT2D eigenvalue weighted by Gasteiger charge is 2.27. The number of hydrogen-bond acceptors (Lipinski definition) is 5. The molecule has 2 heterocycles. The molecule has 0 saturated carbocycles. The first-order chi connectivity index (χ1) is 12.2. The molecule has 3 rings (SSSR count). The van der Waals surface area contributed by atoms with E-state index in [4.69, 9.17) is 14.5 Å². The number of nitrogens with one attached hydrogen (secondary N) is 1. The first-order valence-electron chi connectivity index (χ1n) is 8.82. The van der Waals surface area contributed by atoms with Gasteiger partial charge in [-0.25, -0.2) is 0 Å². The molecule has 0 amide bonds. The summed E-state index contributed by atoms with van der Waals surface area (Å²) in [5.74, 6) is 1.70. The number of pyridine rings is 1. The molecule has 1 atom stereocenters. The SMILES string of the molecule is COc1ccc(OC)c(C(c2ccc(C)cn2)N2CCCNCC2)c1. The molecule has 0 bridgehead atoms. The van der Waals surface area contributed by atoms with Crippen LogP contribution in [0.5, 0.6) is 11.5 Å². The largest absolute Gasteiger partial charge is 0.497 e. The highest BCUT2D eigenvalue weighted by molar-refractivity contribution is 5.45. The molecule has 1 saturated heterocycles. The Morgan fingerprint density at radius 3 is 2.68 bits per heavy atom. The third kappa shape index (κ3) is 4.11. The predicted molar refractivity (Wildman–Crippen MR) is 99.4 cm³/mol. The molecule has 0 radical (unpaired) electrons. The van der Waals surface area contributed by atoms with Crippen molar-refractivity contribution in [3.05, 3.63) is 53.3 Å². The number of ether oxygens (including phenoxy) is 2. The van der Waals surface area contributed by atoms with Crippen LogP contribution in [0.2, 0.25) is 0 Å². The lowest BCUT2D eigenvalue weighted by atomic mass is 9.99. The Hall–Kier alpha value is -2.11. The van der Waals surface area contributed by atoms with E-state index in [1.54, 1.807) is 14.2 Å². The summed E-state index contributed by atoms with van der Waals surface area (Å²) in [5, 5.41) is 3.48. The van der Waals surface area contributed by atoms with E-state index in [-0.39, 0.29) is 6.04 Å². The fraction of sp³-hybridized carbons (Fsp3) is 0.450. The van der Waals surface area contributed by atoms with Crippen molar-refractivity contribution in [3.8, 4) is 11.5 Å². The minimum Gasteiger partial charge on any atom is -0.497 e. The highest BCUT2D eigenvalue weighted by atomic mass is 16.5. The maximum absolute atomic E-state index is 5.67. The molecule has 0 spiro atoms. The third-order valence-electron chi connectivity index (χ3n) is 4.69. The van der Waals surface area contributed by atoms with Crippen LogP contribution in [-0.2, 0) is 0 Å². The highest BCUT2D eigenvalue weighted by Crippen LogP contribution is 2.36. The van der Waals surface area contributed by atoms with E-state index in [9.17, 15) is 0 Å². The molecular formula is C20H27N3O2. The van der Waals surface area contributed by atoms with Crippen molar-refractivity contribution in [2.45, 2.75) is 19.4 Å². The zero-order valence-corrected chi connectivity index (χ0v) is 15.3. The van der Waals surface area contributed by atoms with Crippen LogP contribution in [0.3, 0.4) is 0 Å². The maximum Gasteiger partial charge on any atom is 0.124 e. The molecule has 1 unspecified atom stereocenters. The van der Waals surface area contributed by atoms with Crippen LogP contribution < -0.4 is 14.8 Å². The van der Waals surface area contributed by atoms with Crippen LogP contribution in [0.4, 0.5) is 0 Å². The zero-order chi connectivity index (χ0) is 17.6. The molecule has 5 nitrogen and oxygen atoms in total. The standard InChI is InChI=1S/C20H27N3O2/c1-15-5-7-18(22-14-15)20(23-11-4-9-21-10-12-23)17-13-16(24-2)6-8-19(17)25-3/h5-8,13-14,20-21H,4,9-12H2,1-3H3. The first-order valence-corrected chi connectivity index (χ1v) is 8.82. The lowest BCUT2D eigenvalue weighted by Crippen LogP contribution is -2.33. The maximum atomic E-state index is 5.67. The van der Waals surface area contributed by atoms with Crippen LogP contribution in [-0.4, -0.2) is 50.3 Å². The van der Waals surface area contributed by atoms with Gasteiger partial charge in [-0.1, -0.05) is 6.07 Å². The van der Waals surface area contributed by atoms with Crippen molar-refractivity contribution in [1.29, 1.82) is 0 Å². The summed E-state index contributed by atoms with van der Waals surface area (Å²) in [4.78, 5) is 7.21. The summed E-state index contributed by atoms with van der Waals surface area (Å²) in [7, 11) is 3.41. The van der Waals surface area contributed by atoms with Crippen molar-refractivity contribution in [3.63, 3.8) is 0 Å². The second-order valence-electron chi connectivity index (χ2n) is 6.41. The average molecular weight is 341 g/mol. The number of benzene rings is 1. The minimum atomic E-state index is 0.0468. The van der Waals surface area contributed by atoms with Crippen molar-refractivity contribution in [2.75, 3.05) is 40.4 Å². The number of nitrogens with zero attached hydrogens (tertiary/aromatic N) is 2. The monoisotopic (exact) mass is 341 g/mol. The molecule has 5 heteroatoms. The molecule has 1 aromatic carbocycles. The zero-order valence-electron chi connectivity index (χ0n) is 15.3. The molecule has 2 aromatic rings. The summed E-state index contributed by atoms with van der Waals surface area (Å²) in [6, 6.07) is 10.3. The van der Waals surface area contributed by atoms with Crippen molar-refractivity contribution < 1.29 is 9.47 Å². The Morgan fingerprint density at radius 2 is 1.96 bits per heavy atom. The summed E-state index contributed by atoms with van der Waals surface area (Å²) in [5.41, 5.74) is 3.30. The van der Waals surface area contributed by atoms with E-state index in [1.165, 1.54) is 0 Å². The van der Waals surface area contributed by atoms with Gasteiger partial charge in [0.25, 0.3) is 0 Å². The Labute approximate surface area is 150 Å². The summed E-state index contributed by atoms with van der Waals surface area (Å²) in [6.45, 7) is 6.09. The van der Waals surface area contributed by atoms with Crippen LogP contribution in [0.25, 0.3) is 0 Å². The normalized spacial score (nSPS) is 16.9. The fourth-order valence-corrected chi connectivity index (χ4v) is 3.36. The Bertz CT molecular complexity index is 680. The van der Waals surface area contributed by atoms with Crippen LogP contribution >= 0.6 is 0 Å². The quantitative estimate of drug-likeness (QED) is 0.906. The molecule has 1 aromatic heterocycles. The van der Waals surface area contributed by atoms with Crippen LogP contribution in [0, 0.1) is 6.92 Å². The molecule has 0 aliphatic carbocycles. The number of aryl methyl sites for hydroxylation is 1. The smallest absolute Gasteiger partial charge is 0.124 e. The molecule has 25 heavy (non-hydrogen) atoms. The Balaban J connectivity index is 2.08. The summed E-state index contributed by atoms with van der Waals surface area (Å²) < 4.78 is 11.1. The van der Waals surface area contributed by atoms with Gasteiger partial charge in [0, 0.05) is 31.4 Å². The number of methoxy groups -OCH3 is 2. The van der Waals surface area contributed by atoms with Gasteiger partial charge in [-0.3, -0.25) is 9.88 Å². The van der Waals surface area contributed by atoms with Crippen LogP contribution in [0.1, 0.15) is 29.3 Å². The fourth-order valence-electron chi connectivity index (χ4n) is 3.36. The predicted octanol–water partition coefficient (Wildman–Crippen LogP) is 2.79. The van der Waals surface area contributed by atoms with E-state index < -0.39 is 0 Å². The van der Waals surface area contributed by atoms with Gasteiger partial charge >= 0.3 is 0 Å². The summed E-state index contributed by atoms with van der Waals surface area (Å²) in [6.07, 6.45) is 3.06. The Kier molecular flexibility index (Phi) is 5.89. The van der Waals surface area contributed by atoms with Gasteiger partial charge in [0.15, 0.2) is 0 Å². The van der Waals surface area contributed by atoms with Crippen molar-refractivity contribution >= 4 is 0 Å². The molecule has 134 valence electrons. The topological polar surface area (TPSA) is 46.6 Å². The van der Waals surface area contributed by atoms with Gasteiger partial charge in [-0.15, -0.1) is 0 Å². The van der Waals surface area contributed by atoms with Gasteiger partial charge in [0.1, 0.15) is 11.5 Å². The second kappa shape index (κ2) is 8.32. The second-order valence-corrected chi connectivity index (χ2v) is 6.41. The van der Waals surface area contributed by atoms with E-state index >= 15 is 0 Å².